The van der Waals surface area contributed by atoms with E-state index in [0.29, 0.717) is 18.5 Å². The van der Waals surface area contributed by atoms with E-state index in [2.05, 4.69) is 10.3 Å². The molecular formula is C14H13N3O3. The molecule has 0 spiro atoms. The summed E-state index contributed by atoms with van der Waals surface area (Å²) >= 11 is 0. The summed E-state index contributed by atoms with van der Waals surface area (Å²) in [6, 6.07) is 6.20. The first kappa shape index (κ1) is 13.7. The fraction of sp³-hybridized carbons (Fsp3) is 0.143. The normalized spacial score (nSPS) is 10.1. The number of hydrogen-bond acceptors (Lipinski definition) is 5. The van der Waals surface area contributed by atoms with Crippen LogP contribution in [-0.4, -0.2) is 16.2 Å². The molecule has 0 aliphatic heterocycles. The maximum atomic E-state index is 11.0. The van der Waals surface area contributed by atoms with Gasteiger partial charge in [0.2, 0.25) is 0 Å². The number of carbonyl (C=O) groups is 1. The lowest BCUT2D eigenvalue weighted by Gasteiger charge is -2.09. The number of nitrogens with one attached hydrogen (secondary N) is 1. The number of aryl methyl sites for hydroxylation is 1. The van der Waals surface area contributed by atoms with Gasteiger partial charge >= 0.3 is 0 Å². The van der Waals surface area contributed by atoms with Crippen LogP contribution in [0.2, 0.25) is 0 Å². The SMILES string of the molecule is Cc1cnccc1CNc1ccc(C=O)cc1[N+](=O)[O-]. The molecule has 6 nitrogen and oxygen atoms in total. The van der Waals surface area contributed by atoms with E-state index in [9.17, 15) is 14.9 Å². The third-order valence-corrected chi connectivity index (χ3v) is 2.96. The van der Waals surface area contributed by atoms with E-state index in [1.54, 1.807) is 24.5 Å². The van der Waals surface area contributed by atoms with Gasteiger partial charge in [-0.2, -0.15) is 0 Å². The fourth-order valence-corrected chi connectivity index (χ4v) is 1.81. The molecule has 0 amide bonds. The number of anilines is 1. The summed E-state index contributed by atoms with van der Waals surface area (Å²) < 4.78 is 0. The van der Waals surface area contributed by atoms with Crippen molar-refractivity contribution in [2.24, 2.45) is 0 Å². The molecule has 1 N–H and O–H groups in total. The highest BCUT2D eigenvalue weighted by atomic mass is 16.6. The Balaban J connectivity index is 2.23. The van der Waals surface area contributed by atoms with Crippen molar-refractivity contribution in [1.82, 2.24) is 4.98 Å². The Kier molecular flexibility index (Phi) is 4.05. The van der Waals surface area contributed by atoms with Crippen molar-refractivity contribution in [2.75, 3.05) is 5.32 Å². The number of nitro groups is 1. The maximum Gasteiger partial charge on any atom is 0.293 e. The Labute approximate surface area is 115 Å². The first-order chi connectivity index (χ1) is 9.61. The predicted octanol–water partition coefficient (Wildman–Crippen LogP) is 2.72. The van der Waals surface area contributed by atoms with Gasteiger partial charge in [0.25, 0.3) is 5.69 Å². The lowest BCUT2D eigenvalue weighted by Crippen LogP contribution is -2.04. The van der Waals surface area contributed by atoms with Crippen molar-refractivity contribution in [2.45, 2.75) is 13.5 Å². The Morgan fingerprint density at radius 1 is 1.40 bits per heavy atom. The Morgan fingerprint density at radius 2 is 2.20 bits per heavy atom. The molecule has 2 rings (SSSR count). The highest BCUT2D eigenvalue weighted by Gasteiger charge is 2.14. The molecule has 2 aromatic rings. The lowest BCUT2D eigenvalue weighted by atomic mass is 10.1. The van der Waals surface area contributed by atoms with Crippen LogP contribution in [0.4, 0.5) is 11.4 Å². The number of rotatable bonds is 5. The van der Waals surface area contributed by atoms with Crippen molar-refractivity contribution in [3.8, 4) is 0 Å². The molecule has 20 heavy (non-hydrogen) atoms. The minimum atomic E-state index is -0.505. The van der Waals surface area contributed by atoms with Crippen LogP contribution < -0.4 is 5.32 Å². The fourth-order valence-electron chi connectivity index (χ4n) is 1.81. The molecule has 6 heteroatoms. The third-order valence-electron chi connectivity index (χ3n) is 2.96. The molecule has 1 heterocycles. The molecule has 0 aliphatic rings. The van der Waals surface area contributed by atoms with E-state index < -0.39 is 4.92 Å². The molecule has 0 saturated carbocycles. The van der Waals surface area contributed by atoms with Crippen LogP contribution in [-0.2, 0) is 6.54 Å². The number of carbonyl (C=O) groups excluding carboxylic acids is 1. The third kappa shape index (κ3) is 2.97. The summed E-state index contributed by atoms with van der Waals surface area (Å²) in [5.41, 5.74) is 2.57. The first-order valence-corrected chi connectivity index (χ1v) is 5.99. The van der Waals surface area contributed by atoms with Crippen LogP contribution in [0.3, 0.4) is 0 Å². The van der Waals surface area contributed by atoms with Gasteiger partial charge in [0, 0.05) is 30.6 Å². The zero-order chi connectivity index (χ0) is 14.5. The van der Waals surface area contributed by atoms with Gasteiger partial charge in [-0.1, -0.05) is 0 Å². The zero-order valence-electron chi connectivity index (χ0n) is 10.9. The van der Waals surface area contributed by atoms with Gasteiger partial charge in [0.1, 0.15) is 12.0 Å². The molecular weight excluding hydrogens is 258 g/mol. The second-order valence-corrected chi connectivity index (χ2v) is 4.31. The number of benzene rings is 1. The molecule has 0 atom stereocenters. The summed E-state index contributed by atoms with van der Waals surface area (Å²) in [5.74, 6) is 0. The molecule has 0 unspecified atom stereocenters. The van der Waals surface area contributed by atoms with E-state index in [1.807, 2.05) is 13.0 Å². The van der Waals surface area contributed by atoms with E-state index in [1.165, 1.54) is 6.07 Å². The second kappa shape index (κ2) is 5.92. The summed E-state index contributed by atoms with van der Waals surface area (Å²) in [5, 5.41) is 14.0. The van der Waals surface area contributed by atoms with Crippen molar-refractivity contribution in [3.63, 3.8) is 0 Å². The van der Waals surface area contributed by atoms with Gasteiger partial charge in [-0.3, -0.25) is 19.9 Å². The molecule has 0 radical (unpaired) electrons. The van der Waals surface area contributed by atoms with Crippen LogP contribution in [0.15, 0.2) is 36.7 Å². The average Bonchev–Trinajstić information content (AvgIpc) is 2.46. The van der Waals surface area contributed by atoms with Gasteiger partial charge in [-0.05, 0) is 36.2 Å². The van der Waals surface area contributed by atoms with Crippen molar-refractivity contribution in [1.29, 1.82) is 0 Å². The Morgan fingerprint density at radius 3 is 2.85 bits per heavy atom. The van der Waals surface area contributed by atoms with Crippen LogP contribution in [0.1, 0.15) is 21.5 Å². The van der Waals surface area contributed by atoms with Crippen LogP contribution in [0.5, 0.6) is 0 Å². The summed E-state index contributed by atoms with van der Waals surface area (Å²) in [6.07, 6.45) is 4.00. The highest BCUT2D eigenvalue weighted by Crippen LogP contribution is 2.25. The number of pyridine rings is 1. The van der Waals surface area contributed by atoms with Crippen molar-refractivity contribution >= 4 is 17.7 Å². The monoisotopic (exact) mass is 271 g/mol. The van der Waals surface area contributed by atoms with E-state index in [4.69, 9.17) is 0 Å². The van der Waals surface area contributed by atoms with E-state index in [-0.39, 0.29) is 11.3 Å². The predicted molar refractivity (Wildman–Crippen MR) is 74.8 cm³/mol. The molecule has 1 aromatic carbocycles. The Bertz CT molecular complexity index is 656. The average molecular weight is 271 g/mol. The molecule has 0 saturated heterocycles. The smallest absolute Gasteiger partial charge is 0.293 e. The molecule has 102 valence electrons. The number of nitrogens with zero attached hydrogens (tertiary/aromatic N) is 2. The molecule has 0 aliphatic carbocycles. The summed E-state index contributed by atoms with van der Waals surface area (Å²) in [6.45, 7) is 2.38. The second-order valence-electron chi connectivity index (χ2n) is 4.31. The van der Waals surface area contributed by atoms with Gasteiger partial charge < -0.3 is 5.32 Å². The lowest BCUT2D eigenvalue weighted by molar-refractivity contribution is -0.384. The largest absolute Gasteiger partial charge is 0.375 e. The van der Waals surface area contributed by atoms with Gasteiger partial charge in [0.15, 0.2) is 0 Å². The number of aromatic nitrogens is 1. The summed E-state index contributed by atoms with van der Waals surface area (Å²) in [7, 11) is 0. The van der Waals surface area contributed by atoms with Crippen molar-refractivity contribution in [3.05, 3.63) is 63.5 Å². The first-order valence-electron chi connectivity index (χ1n) is 5.99. The number of nitro benzene ring substituents is 1. The molecule has 0 bridgehead atoms. The van der Waals surface area contributed by atoms with E-state index in [0.717, 1.165) is 11.1 Å². The quantitative estimate of drug-likeness (QED) is 0.513. The summed E-state index contributed by atoms with van der Waals surface area (Å²) in [4.78, 5) is 25.2. The number of hydrogen-bond donors (Lipinski definition) is 1. The maximum absolute atomic E-state index is 11.0. The number of aldehydes is 1. The van der Waals surface area contributed by atoms with Gasteiger partial charge in [0.05, 0.1) is 4.92 Å². The van der Waals surface area contributed by atoms with Crippen LogP contribution in [0, 0.1) is 17.0 Å². The minimum absolute atomic E-state index is 0.110. The topological polar surface area (TPSA) is 85.1 Å². The van der Waals surface area contributed by atoms with Crippen LogP contribution in [0.25, 0.3) is 0 Å². The van der Waals surface area contributed by atoms with Crippen molar-refractivity contribution < 1.29 is 9.72 Å². The highest BCUT2D eigenvalue weighted by molar-refractivity contribution is 5.79. The molecule has 0 fully saturated rings. The molecule has 1 aromatic heterocycles. The van der Waals surface area contributed by atoms with Crippen LogP contribution >= 0.6 is 0 Å². The Hall–Kier alpha value is -2.76. The van der Waals surface area contributed by atoms with E-state index >= 15 is 0 Å². The minimum Gasteiger partial charge on any atom is -0.375 e. The van der Waals surface area contributed by atoms with Gasteiger partial charge in [-0.25, -0.2) is 0 Å². The van der Waals surface area contributed by atoms with Gasteiger partial charge in [-0.15, -0.1) is 0 Å². The standard InChI is InChI=1S/C14H13N3O3/c1-10-7-15-5-4-12(10)8-16-13-3-2-11(9-18)6-14(13)17(19)20/h2-7,9,16H,8H2,1H3. The zero-order valence-corrected chi connectivity index (χ0v) is 10.9.